The quantitative estimate of drug-likeness (QED) is 0.862. The minimum Gasteiger partial charge on any atom is -0.346 e. The summed E-state index contributed by atoms with van der Waals surface area (Å²) in [5, 5.41) is 5.65. The molecule has 5 nitrogen and oxygen atoms in total. The maximum atomic E-state index is 12.2. The van der Waals surface area contributed by atoms with Crippen molar-refractivity contribution in [3.8, 4) is 0 Å². The van der Waals surface area contributed by atoms with E-state index in [9.17, 15) is 9.59 Å². The highest BCUT2D eigenvalue weighted by Gasteiger charge is 2.23. The number of hydrogen-bond acceptors (Lipinski definition) is 3. The number of rotatable bonds is 5. The second-order valence-electron chi connectivity index (χ2n) is 7.74. The normalized spacial score (nSPS) is 21.0. The van der Waals surface area contributed by atoms with Crippen LogP contribution in [0.2, 0.25) is 0 Å². The van der Waals surface area contributed by atoms with Crippen LogP contribution < -0.4 is 10.6 Å². The van der Waals surface area contributed by atoms with E-state index in [1.807, 2.05) is 32.9 Å². The summed E-state index contributed by atoms with van der Waals surface area (Å²) in [4.78, 5) is 26.5. The number of carbonyl (C=O) groups is 2. The number of nitrogens with zero attached hydrogens (tertiary/aromatic N) is 1. The van der Waals surface area contributed by atoms with E-state index in [0.29, 0.717) is 18.4 Å². The summed E-state index contributed by atoms with van der Waals surface area (Å²) < 4.78 is 0. The molecule has 2 N–H and O–H groups in total. The Labute approximate surface area is 151 Å². The average molecular weight is 345 g/mol. The van der Waals surface area contributed by atoms with Gasteiger partial charge in [-0.25, -0.2) is 0 Å². The van der Waals surface area contributed by atoms with Crippen LogP contribution in [-0.4, -0.2) is 42.9 Å². The molecule has 1 aromatic carbocycles. The van der Waals surface area contributed by atoms with Crippen LogP contribution in [0, 0.1) is 32.6 Å². The number of carbonyl (C=O) groups excluding carboxylic acids is 2. The highest BCUT2D eigenvalue weighted by atomic mass is 16.2. The predicted octanol–water partition coefficient (Wildman–Crippen LogP) is 2.64. The average Bonchev–Trinajstić information content (AvgIpc) is 2.47. The fraction of sp³-hybridized carbons (Fsp3) is 0.600. The van der Waals surface area contributed by atoms with E-state index in [1.54, 1.807) is 0 Å². The van der Waals surface area contributed by atoms with Crippen molar-refractivity contribution in [1.82, 2.24) is 10.2 Å². The number of nitrogens with one attached hydrogen (secondary N) is 2. The second kappa shape index (κ2) is 8.48. The lowest BCUT2D eigenvalue weighted by atomic mass is 9.92. The lowest BCUT2D eigenvalue weighted by Crippen LogP contribution is -2.45. The van der Waals surface area contributed by atoms with Crippen LogP contribution in [0.15, 0.2) is 12.1 Å². The van der Waals surface area contributed by atoms with Gasteiger partial charge in [0, 0.05) is 18.8 Å². The van der Waals surface area contributed by atoms with Crippen LogP contribution in [0.4, 0.5) is 5.69 Å². The summed E-state index contributed by atoms with van der Waals surface area (Å²) in [6, 6.07) is 4.08. The largest absolute Gasteiger partial charge is 0.346 e. The van der Waals surface area contributed by atoms with Gasteiger partial charge in [-0.2, -0.15) is 0 Å². The van der Waals surface area contributed by atoms with E-state index in [1.165, 1.54) is 12.0 Å². The van der Waals surface area contributed by atoms with E-state index in [2.05, 4.69) is 29.4 Å². The molecule has 1 fully saturated rings. The van der Waals surface area contributed by atoms with Gasteiger partial charge in [0.2, 0.25) is 11.8 Å². The molecule has 0 spiro atoms. The molecule has 2 atom stereocenters. The van der Waals surface area contributed by atoms with Crippen LogP contribution >= 0.6 is 0 Å². The highest BCUT2D eigenvalue weighted by molar-refractivity contribution is 5.96. The topological polar surface area (TPSA) is 61.4 Å². The first-order valence-electron chi connectivity index (χ1n) is 9.11. The van der Waals surface area contributed by atoms with Crippen molar-refractivity contribution < 1.29 is 9.59 Å². The van der Waals surface area contributed by atoms with Crippen molar-refractivity contribution in [3.63, 3.8) is 0 Å². The lowest BCUT2D eigenvalue weighted by Gasteiger charge is -2.34. The summed E-state index contributed by atoms with van der Waals surface area (Å²) in [5.74, 6) is 0.956. The smallest absolute Gasteiger partial charge is 0.243 e. The van der Waals surface area contributed by atoms with Gasteiger partial charge in [-0.05, 0) is 50.2 Å². The molecule has 1 saturated heterocycles. The fourth-order valence-corrected chi connectivity index (χ4v) is 3.92. The molecular weight excluding hydrogens is 314 g/mol. The van der Waals surface area contributed by atoms with Crippen LogP contribution in [0.5, 0.6) is 0 Å². The minimum atomic E-state index is -0.191. The zero-order valence-corrected chi connectivity index (χ0v) is 16.1. The fourth-order valence-electron chi connectivity index (χ4n) is 3.92. The van der Waals surface area contributed by atoms with Crippen molar-refractivity contribution in [2.24, 2.45) is 11.8 Å². The number of piperidine rings is 1. The Morgan fingerprint density at radius 2 is 1.60 bits per heavy atom. The Bertz CT molecular complexity index is 609. The summed E-state index contributed by atoms with van der Waals surface area (Å²) in [6.07, 6.45) is 1.22. The van der Waals surface area contributed by atoms with Gasteiger partial charge in [-0.15, -0.1) is 0 Å². The van der Waals surface area contributed by atoms with Crippen LogP contribution in [0.1, 0.15) is 37.0 Å². The minimum absolute atomic E-state index is 0.00450. The third kappa shape index (κ3) is 5.85. The first-order valence-corrected chi connectivity index (χ1v) is 9.11. The Morgan fingerprint density at radius 1 is 1.04 bits per heavy atom. The molecule has 1 heterocycles. The molecule has 25 heavy (non-hydrogen) atoms. The zero-order chi connectivity index (χ0) is 18.6. The molecule has 1 aliphatic rings. The molecule has 0 unspecified atom stereocenters. The van der Waals surface area contributed by atoms with Gasteiger partial charge in [-0.1, -0.05) is 31.5 Å². The van der Waals surface area contributed by atoms with Crippen LogP contribution in [0.25, 0.3) is 0 Å². The van der Waals surface area contributed by atoms with E-state index < -0.39 is 0 Å². The van der Waals surface area contributed by atoms with Crippen molar-refractivity contribution in [2.75, 3.05) is 31.5 Å². The van der Waals surface area contributed by atoms with E-state index in [0.717, 1.165) is 29.9 Å². The third-order valence-electron chi connectivity index (χ3n) is 4.70. The molecule has 138 valence electrons. The Morgan fingerprint density at radius 3 is 2.16 bits per heavy atom. The standard InChI is InChI=1S/C20H31N3O2/c1-13-7-16(4)20(17(5)8-13)22-18(24)9-21-19(25)12-23-10-14(2)6-15(3)11-23/h7-8,14-15H,6,9-12H2,1-5H3,(H,21,25)(H,22,24)/t14-,15-/m0/s1. The van der Waals surface area contributed by atoms with Gasteiger partial charge in [0.15, 0.2) is 0 Å². The number of aryl methyl sites for hydroxylation is 3. The van der Waals surface area contributed by atoms with E-state index in [4.69, 9.17) is 0 Å². The molecule has 0 aromatic heterocycles. The van der Waals surface area contributed by atoms with Crippen molar-refractivity contribution in [2.45, 2.75) is 41.0 Å². The monoisotopic (exact) mass is 345 g/mol. The molecule has 2 amide bonds. The molecule has 0 aliphatic carbocycles. The van der Waals surface area contributed by atoms with Crippen LogP contribution in [0.3, 0.4) is 0 Å². The van der Waals surface area contributed by atoms with Crippen molar-refractivity contribution in [1.29, 1.82) is 0 Å². The molecule has 0 saturated carbocycles. The Balaban J connectivity index is 1.81. The molecular formula is C20H31N3O2. The Kier molecular flexibility index (Phi) is 6.59. The van der Waals surface area contributed by atoms with Gasteiger partial charge in [0.1, 0.15) is 0 Å². The zero-order valence-electron chi connectivity index (χ0n) is 16.1. The summed E-state index contributed by atoms with van der Waals surface area (Å²) in [6.45, 7) is 12.7. The third-order valence-corrected chi connectivity index (χ3v) is 4.70. The predicted molar refractivity (Wildman–Crippen MR) is 102 cm³/mol. The lowest BCUT2D eigenvalue weighted by molar-refractivity contribution is -0.125. The summed E-state index contributed by atoms with van der Waals surface area (Å²) in [5.41, 5.74) is 4.08. The van der Waals surface area contributed by atoms with Gasteiger partial charge in [0.05, 0.1) is 13.1 Å². The summed E-state index contributed by atoms with van der Waals surface area (Å²) in [7, 11) is 0. The second-order valence-corrected chi connectivity index (χ2v) is 7.74. The number of likely N-dealkylation sites (tertiary alicyclic amines) is 1. The van der Waals surface area contributed by atoms with Crippen LogP contribution in [-0.2, 0) is 9.59 Å². The molecule has 5 heteroatoms. The van der Waals surface area contributed by atoms with Crippen molar-refractivity contribution >= 4 is 17.5 Å². The number of benzene rings is 1. The van der Waals surface area contributed by atoms with E-state index >= 15 is 0 Å². The molecule has 1 aliphatic heterocycles. The SMILES string of the molecule is Cc1cc(C)c(NC(=O)CNC(=O)CN2C[C@@H](C)C[C@H](C)C2)c(C)c1. The first kappa shape index (κ1) is 19.4. The molecule has 1 aromatic rings. The number of anilines is 1. The first-order chi connectivity index (χ1) is 11.7. The van der Waals surface area contributed by atoms with Crippen molar-refractivity contribution in [3.05, 3.63) is 28.8 Å². The molecule has 2 rings (SSSR count). The number of hydrogen-bond donors (Lipinski definition) is 2. The number of amides is 2. The van der Waals surface area contributed by atoms with E-state index in [-0.39, 0.29) is 18.4 Å². The van der Waals surface area contributed by atoms with Gasteiger partial charge in [-0.3, -0.25) is 14.5 Å². The maximum Gasteiger partial charge on any atom is 0.243 e. The summed E-state index contributed by atoms with van der Waals surface area (Å²) >= 11 is 0. The van der Waals surface area contributed by atoms with Gasteiger partial charge < -0.3 is 10.6 Å². The maximum absolute atomic E-state index is 12.2. The molecule has 0 bridgehead atoms. The molecule has 0 radical (unpaired) electrons. The Hall–Kier alpha value is -1.88. The van der Waals surface area contributed by atoms with Gasteiger partial charge >= 0.3 is 0 Å². The van der Waals surface area contributed by atoms with Gasteiger partial charge in [0.25, 0.3) is 0 Å². The highest BCUT2D eigenvalue weighted by Crippen LogP contribution is 2.22.